The molecule has 2 aromatic carbocycles. The molecule has 0 aliphatic heterocycles. The molecular weight excluding hydrogens is 378 g/mol. The Labute approximate surface area is 129 Å². The van der Waals surface area contributed by atoms with Crippen molar-refractivity contribution in [2.75, 3.05) is 0 Å². The molecule has 0 saturated carbocycles. The normalized spacial score (nSPS) is 10.5. The molecule has 0 aliphatic carbocycles. The molecule has 0 radical (unpaired) electrons. The highest BCUT2D eigenvalue weighted by molar-refractivity contribution is 14.1. The molecule has 0 amide bonds. The third-order valence-corrected chi connectivity index (χ3v) is 4.53. The molecule has 2 aromatic rings. The van der Waals surface area contributed by atoms with Crippen molar-refractivity contribution in [2.24, 2.45) is 0 Å². The first kappa shape index (κ1) is 14.5. The standard InChI is InChI=1S/C15H11ClFIO/c1-9-3-2-4-12(15(9)18)14(19)7-10-5-6-11(16)8-13(10)17/h2-6,8H,7H2,1H3. The summed E-state index contributed by atoms with van der Waals surface area (Å²) in [4.78, 5) is 12.2. The van der Waals surface area contributed by atoms with Crippen LogP contribution >= 0.6 is 34.2 Å². The lowest BCUT2D eigenvalue weighted by Crippen LogP contribution is -2.08. The maximum Gasteiger partial charge on any atom is 0.168 e. The zero-order valence-electron chi connectivity index (χ0n) is 10.2. The van der Waals surface area contributed by atoms with E-state index in [1.165, 1.54) is 6.07 Å². The predicted molar refractivity (Wildman–Crippen MR) is 83.3 cm³/mol. The fraction of sp³-hybridized carbons (Fsp3) is 0.133. The molecule has 1 nitrogen and oxygen atoms in total. The SMILES string of the molecule is Cc1cccc(C(=O)Cc2ccc(Cl)cc2F)c1I. The van der Waals surface area contributed by atoms with Gasteiger partial charge in [0.15, 0.2) is 5.78 Å². The summed E-state index contributed by atoms with van der Waals surface area (Å²) >= 11 is 7.83. The summed E-state index contributed by atoms with van der Waals surface area (Å²) in [7, 11) is 0. The predicted octanol–water partition coefficient (Wildman–Crippen LogP) is 4.82. The molecule has 2 rings (SSSR count). The smallest absolute Gasteiger partial charge is 0.168 e. The molecular formula is C15H11ClFIO. The molecule has 0 N–H and O–H groups in total. The lowest BCUT2D eigenvalue weighted by molar-refractivity contribution is 0.0991. The van der Waals surface area contributed by atoms with E-state index < -0.39 is 5.82 Å². The third-order valence-electron chi connectivity index (χ3n) is 2.86. The number of hydrogen-bond donors (Lipinski definition) is 0. The van der Waals surface area contributed by atoms with Crippen LogP contribution in [0.2, 0.25) is 5.02 Å². The minimum atomic E-state index is -0.441. The van der Waals surface area contributed by atoms with Crippen LogP contribution in [0, 0.1) is 16.3 Å². The molecule has 4 heteroatoms. The van der Waals surface area contributed by atoms with Crippen molar-refractivity contribution >= 4 is 40.0 Å². The van der Waals surface area contributed by atoms with E-state index in [4.69, 9.17) is 11.6 Å². The van der Waals surface area contributed by atoms with Gasteiger partial charge in [-0.05, 0) is 52.8 Å². The average Bonchev–Trinajstić information content (AvgIpc) is 2.36. The zero-order chi connectivity index (χ0) is 14.0. The Morgan fingerprint density at radius 2 is 2.05 bits per heavy atom. The maximum atomic E-state index is 13.7. The molecule has 19 heavy (non-hydrogen) atoms. The van der Waals surface area contributed by atoms with Crippen molar-refractivity contribution in [1.29, 1.82) is 0 Å². The van der Waals surface area contributed by atoms with Crippen molar-refractivity contribution in [3.8, 4) is 0 Å². The van der Waals surface area contributed by atoms with Gasteiger partial charge in [-0.2, -0.15) is 0 Å². The summed E-state index contributed by atoms with van der Waals surface area (Å²) in [5.41, 5.74) is 2.05. The van der Waals surface area contributed by atoms with Gasteiger partial charge in [0.2, 0.25) is 0 Å². The molecule has 0 saturated heterocycles. The van der Waals surface area contributed by atoms with E-state index in [9.17, 15) is 9.18 Å². The molecule has 0 aliphatic rings. The molecule has 0 atom stereocenters. The van der Waals surface area contributed by atoms with Gasteiger partial charge in [-0.25, -0.2) is 4.39 Å². The Bertz CT molecular complexity index is 640. The first-order chi connectivity index (χ1) is 8.99. The number of aryl methyl sites for hydroxylation is 1. The van der Waals surface area contributed by atoms with Gasteiger partial charge in [-0.1, -0.05) is 35.9 Å². The summed E-state index contributed by atoms with van der Waals surface area (Å²) in [5.74, 6) is -0.530. The van der Waals surface area contributed by atoms with Gasteiger partial charge in [0.1, 0.15) is 5.82 Å². The van der Waals surface area contributed by atoms with Crippen LogP contribution in [0.4, 0.5) is 4.39 Å². The van der Waals surface area contributed by atoms with E-state index in [1.807, 2.05) is 19.1 Å². The van der Waals surface area contributed by atoms with E-state index in [0.29, 0.717) is 16.1 Å². The van der Waals surface area contributed by atoms with Gasteiger partial charge in [0.25, 0.3) is 0 Å². The summed E-state index contributed by atoms with van der Waals surface area (Å²) in [6.07, 6.45) is 0.0441. The topological polar surface area (TPSA) is 17.1 Å². The number of halogens is 3. The van der Waals surface area contributed by atoms with Crippen LogP contribution in [-0.2, 0) is 6.42 Å². The van der Waals surface area contributed by atoms with Crippen molar-refractivity contribution in [1.82, 2.24) is 0 Å². The highest BCUT2D eigenvalue weighted by Gasteiger charge is 2.14. The monoisotopic (exact) mass is 388 g/mol. The highest BCUT2D eigenvalue weighted by atomic mass is 127. The first-order valence-corrected chi connectivity index (χ1v) is 7.17. The quantitative estimate of drug-likeness (QED) is 0.544. The van der Waals surface area contributed by atoms with Crippen molar-refractivity contribution in [3.05, 3.63) is 67.5 Å². The Balaban J connectivity index is 2.28. The van der Waals surface area contributed by atoms with Gasteiger partial charge < -0.3 is 0 Å². The van der Waals surface area contributed by atoms with Gasteiger partial charge in [-0.15, -0.1) is 0 Å². The van der Waals surface area contributed by atoms with Crippen molar-refractivity contribution < 1.29 is 9.18 Å². The molecule has 0 heterocycles. The van der Waals surface area contributed by atoms with Crippen LogP contribution < -0.4 is 0 Å². The molecule has 0 aromatic heterocycles. The zero-order valence-corrected chi connectivity index (χ0v) is 13.1. The minimum absolute atomic E-state index is 0.0441. The third kappa shape index (κ3) is 3.34. The van der Waals surface area contributed by atoms with E-state index in [2.05, 4.69) is 22.6 Å². The van der Waals surface area contributed by atoms with E-state index in [0.717, 1.165) is 9.13 Å². The fourth-order valence-electron chi connectivity index (χ4n) is 1.80. The lowest BCUT2D eigenvalue weighted by atomic mass is 10.0. The second-order valence-corrected chi connectivity index (χ2v) is 5.79. The summed E-state index contributed by atoms with van der Waals surface area (Å²) in [5, 5.41) is 0.332. The Kier molecular flexibility index (Phi) is 4.58. The number of carbonyl (C=O) groups is 1. The summed E-state index contributed by atoms with van der Waals surface area (Å²) in [6.45, 7) is 1.95. The minimum Gasteiger partial charge on any atom is -0.294 e. The first-order valence-electron chi connectivity index (χ1n) is 5.71. The molecule has 98 valence electrons. The Morgan fingerprint density at radius 1 is 1.32 bits per heavy atom. The maximum absolute atomic E-state index is 13.7. The van der Waals surface area contributed by atoms with Crippen molar-refractivity contribution in [3.63, 3.8) is 0 Å². The van der Waals surface area contributed by atoms with Gasteiger partial charge >= 0.3 is 0 Å². The number of ketones is 1. The van der Waals surface area contributed by atoms with Crippen LogP contribution in [0.3, 0.4) is 0 Å². The number of Topliss-reactive ketones (excluding diaryl/α,β-unsaturated/α-hetero) is 1. The largest absolute Gasteiger partial charge is 0.294 e. The molecule has 0 bridgehead atoms. The molecule has 0 unspecified atom stereocenters. The lowest BCUT2D eigenvalue weighted by Gasteiger charge is -2.07. The second kappa shape index (κ2) is 6.01. The summed E-state index contributed by atoms with van der Waals surface area (Å²) in [6, 6.07) is 9.92. The van der Waals surface area contributed by atoms with Crippen LogP contribution in [0.25, 0.3) is 0 Å². The average molecular weight is 389 g/mol. The van der Waals surface area contributed by atoms with E-state index in [1.54, 1.807) is 18.2 Å². The van der Waals surface area contributed by atoms with Gasteiger partial charge in [0, 0.05) is 20.6 Å². The summed E-state index contributed by atoms with van der Waals surface area (Å²) < 4.78 is 14.6. The second-order valence-electron chi connectivity index (χ2n) is 4.27. The van der Waals surface area contributed by atoms with Crippen LogP contribution in [-0.4, -0.2) is 5.78 Å². The number of benzene rings is 2. The number of hydrogen-bond acceptors (Lipinski definition) is 1. The fourth-order valence-corrected chi connectivity index (χ4v) is 2.62. The van der Waals surface area contributed by atoms with Gasteiger partial charge in [-0.3, -0.25) is 4.79 Å². The van der Waals surface area contributed by atoms with Crippen molar-refractivity contribution in [2.45, 2.75) is 13.3 Å². The number of carbonyl (C=O) groups excluding carboxylic acids is 1. The number of rotatable bonds is 3. The van der Waals surface area contributed by atoms with E-state index in [-0.39, 0.29) is 12.2 Å². The molecule has 0 spiro atoms. The Hall–Kier alpha value is -0.940. The van der Waals surface area contributed by atoms with E-state index >= 15 is 0 Å². The molecule has 0 fully saturated rings. The van der Waals surface area contributed by atoms with Crippen LogP contribution in [0.1, 0.15) is 21.5 Å². The van der Waals surface area contributed by atoms with Crippen LogP contribution in [0.5, 0.6) is 0 Å². The van der Waals surface area contributed by atoms with Crippen LogP contribution in [0.15, 0.2) is 36.4 Å². The van der Waals surface area contributed by atoms with Gasteiger partial charge in [0.05, 0.1) is 0 Å². The Morgan fingerprint density at radius 3 is 2.74 bits per heavy atom. The highest BCUT2D eigenvalue weighted by Crippen LogP contribution is 2.20.